The number of epoxide rings is 2. The second-order valence-corrected chi connectivity index (χ2v) is 12.9. The SMILES string of the molecule is CCCCCCCCCCCC[C@@H]1O[C@@H]1CC[C@@H]1O[C@@H]1CCCCCCCCCCCCC1=CC(C)OC1=O. The summed E-state index contributed by atoms with van der Waals surface area (Å²) < 4.78 is 17.0. The van der Waals surface area contributed by atoms with Gasteiger partial charge in [-0.05, 0) is 51.5 Å². The van der Waals surface area contributed by atoms with Crippen molar-refractivity contribution in [2.45, 2.75) is 205 Å². The predicted molar refractivity (Wildman–Crippen MR) is 162 cm³/mol. The van der Waals surface area contributed by atoms with Gasteiger partial charge in [0.2, 0.25) is 0 Å². The molecule has 0 aromatic rings. The minimum Gasteiger partial charge on any atom is -0.455 e. The first-order valence-electron chi connectivity index (χ1n) is 17.4. The van der Waals surface area contributed by atoms with Crippen molar-refractivity contribution in [2.24, 2.45) is 0 Å². The van der Waals surface area contributed by atoms with E-state index in [0.29, 0.717) is 24.4 Å². The van der Waals surface area contributed by atoms with Crippen LogP contribution >= 0.6 is 0 Å². The highest BCUT2D eigenvalue weighted by Crippen LogP contribution is 2.37. The van der Waals surface area contributed by atoms with Crippen LogP contribution in [0.4, 0.5) is 0 Å². The summed E-state index contributed by atoms with van der Waals surface area (Å²) in [6.07, 6.45) is 37.3. The molecule has 3 aliphatic rings. The normalized spacial score (nSPS) is 25.6. The van der Waals surface area contributed by atoms with Crippen LogP contribution in [0.25, 0.3) is 0 Å². The van der Waals surface area contributed by atoms with Crippen molar-refractivity contribution in [3.8, 4) is 0 Å². The molecule has 4 nitrogen and oxygen atoms in total. The number of esters is 1. The topological polar surface area (TPSA) is 51.4 Å². The first kappa shape index (κ1) is 32.6. The number of hydrogen-bond acceptors (Lipinski definition) is 4. The quantitative estimate of drug-likeness (QED) is 0.0584. The molecule has 2 fully saturated rings. The number of unbranched alkanes of at least 4 members (excludes halogenated alkanes) is 18. The molecule has 226 valence electrons. The molecule has 0 radical (unpaired) electrons. The first-order valence-corrected chi connectivity index (χ1v) is 17.4. The average molecular weight is 547 g/mol. The maximum Gasteiger partial charge on any atom is 0.334 e. The molecule has 3 aliphatic heterocycles. The zero-order valence-corrected chi connectivity index (χ0v) is 25.8. The molecule has 4 heteroatoms. The minimum atomic E-state index is -0.0951. The van der Waals surface area contributed by atoms with Gasteiger partial charge in [-0.3, -0.25) is 0 Å². The molecule has 5 atom stereocenters. The fourth-order valence-electron chi connectivity index (χ4n) is 6.43. The van der Waals surface area contributed by atoms with E-state index in [2.05, 4.69) is 6.92 Å². The Morgan fingerprint density at radius 3 is 1.33 bits per heavy atom. The number of ether oxygens (including phenoxy) is 3. The van der Waals surface area contributed by atoms with Gasteiger partial charge in [0, 0.05) is 5.57 Å². The lowest BCUT2D eigenvalue weighted by molar-refractivity contribution is -0.139. The van der Waals surface area contributed by atoms with E-state index < -0.39 is 0 Å². The molecule has 0 aliphatic carbocycles. The van der Waals surface area contributed by atoms with Crippen LogP contribution in [0.5, 0.6) is 0 Å². The van der Waals surface area contributed by atoms with E-state index in [4.69, 9.17) is 14.2 Å². The van der Waals surface area contributed by atoms with E-state index in [1.54, 1.807) is 0 Å². The smallest absolute Gasteiger partial charge is 0.334 e. The van der Waals surface area contributed by atoms with Crippen LogP contribution < -0.4 is 0 Å². The lowest BCUT2D eigenvalue weighted by Gasteiger charge is -2.03. The molecule has 0 aromatic carbocycles. The van der Waals surface area contributed by atoms with Crippen molar-refractivity contribution in [1.29, 1.82) is 0 Å². The Kier molecular flexibility index (Phi) is 16.8. The summed E-state index contributed by atoms with van der Waals surface area (Å²) in [5, 5.41) is 0. The third-order valence-electron chi connectivity index (χ3n) is 9.13. The molecule has 39 heavy (non-hydrogen) atoms. The van der Waals surface area contributed by atoms with Crippen molar-refractivity contribution in [1.82, 2.24) is 0 Å². The Labute approximate surface area is 241 Å². The Morgan fingerprint density at radius 1 is 0.538 bits per heavy atom. The van der Waals surface area contributed by atoms with Crippen LogP contribution in [0.1, 0.15) is 174 Å². The molecule has 2 saturated heterocycles. The highest BCUT2D eigenvalue weighted by molar-refractivity contribution is 5.90. The minimum absolute atomic E-state index is 0.0231. The summed E-state index contributed by atoms with van der Waals surface area (Å²) in [4.78, 5) is 11.6. The van der Waals surface area contributed by atoms with Crippen molar-refractivity contribution >= 4 is 5.97 Å². The lowest BCUT2D eigenvalue weighted by Crippen LogP contribution is -2.03. The Morgan fingerprint density at radius 2 is 0.923 bits per heavy atom. The van der Waals surface area contributed by atoms with E-state index in [0.717, 1.165) is 18.4 Å². The molecule has 1 unspecified atom stereocenters. The highest BCUT2D eigenvalue weighted by Gasteiger charge is 2.42. The second kappa shape index (κ2) is 20.1. The zero-order chi connectivity index (χ0) is 27.5. The Bertz CT molecular complexity index is 674. The first-order chi connectivity index (χ1) is 19.2. The largest absolute Gasteiger partial charge is 0.455 e. The Hall–Kier alpha value is -0.870. The lowest BCUT2D eigenvalue weighted by atomic mass is 10.0. The van der Waals surface area contributed by atoms with Gasteiger partial charge in [0.1, 0.15) is 6.10 Å². The predicted octanol–water partition coefficient (Wildman–Crippen LogP) is 10.2. The number of cyclic esters (lactones) is 1. The van der Waals surface area contributed by atoms with E-state index in [9.17, 15) is 4.79 Å². The summed E-state index contributed by atoms with van der Waals surface area (Å²) in [5.74, 6) is -0.0951. The van der Waals surface area contributed by atoms with Crippen LogP contribution in [0.3, 0.4) is 0 Å². The van der Waals surface area contributed by atoms with Crippen molar-refractivity contribution in [3.63, 3.8) is 0 Å². The van der Waals surface area contributed by atoms with E-state index in [1.807, 2.05) is 13.0 Å². The summed E-state index contributed by atoms with van der Waals surface area (Å²) in [7, 11) is 0. The third kappa shape index (κ3) is 15.1. The van der Waals surface area contributed by atoms with Gasteiger partial charge < -0.3 is 14.2 Å². The van der Waals surface area contributed by atoms with Gasteiger partial charge >= 0.3 is 5.97 Å². The number of rotatable bonds is 27. The van der Waals surface area contributed by atoms with Crippen LogP contribution in [0, 0.1) is 0 Å². The summed E-state index contributed by atoms with van der Waals surface area (Å²) in [5.41, 5.74) is 0.894. The van der Waals surface area contributed by atoms with Gasteiger partial charge in [-0.2, -0.15) is 0 Å². The molecule has 0 spiro atoms. The molecular weight excluding hydrogens is 484 g/mol. The molecule has 0 aromatic heterocycles. The Balaban J connectivity index is 0.988. The number of carbonyl (C=O) groups excluding carboxylic acids is 1. The van der Waals surface area contributed by atoms with E-state index in [-0.39, 0.29) is 12.1 Å². The fraction of sp³-hybridized carbons (Fsp3) is 0.914. The zero-order valence-electron chi connectivity index (χ0n) is 25.8. The maximum absolute atomic E-state index is 11.6. The van der Waals surface area contributed by atoms with Crippen molar-refractivity contribution in [2.75, 3.05) is 0 Å². The van der Waals surface area contributed by atoms with Gasteiger partial charge in [0.05, 0.1) is 24.4 Å². The van der Waals surface area contributed by atoms with Crippen molar-refractivity contribution < 1.29 is 19.0 Å². The second-order valence-electron chi connectivity index (χ2n) is 12.9. The molecule has 3 rings (SSSR count). The molecule has 0 saturated carbocycles. The fourth-order valence-corrected chi connectivity index (χ4v) is 6.43. The molecule has 0 bridgehead atoms. The summed E-state index contributed by atoms with van der Waals surface area (Å²) in [6.45, 7) is 4.22. The number of hydrogen-bond donors (Lipinski definition) is 0. The molecule has 0 N–H and O–H groups in total. The van der Waals surface area contributed by atoms with Gasteiger partial charge in [0.15, 0.2) is 0 Å². The standard InChI is InChI=1S/C35H62O4/c1-3-4-5-6-7-8-12-15-18-21-24-31-33(38-31)26-27-34-32(39-34)25-22-19-16-13-10-9-11-14-17-20-23-30-28-29(2)37-35(30)36/h28-29,31-34H,3-27H2,1-2H3/t29?,31-,32+,33+,34-/m0/s1. The van der Waals surface area contributed by atoms with Gasteiger partial charge in [-0.15, -0.1) is 0 Å². The highest BCUT2D eigenvalue weighted by atomic mass is 16.6. The molecular formula is C35H62O4. The van der Waals surface area contributed by atoms with E-state index in [1.165, 1.54) is 148 Å². The van der Waals surface area contributed by atoms with Crippen LogP contribution in [-0.4, -0.2) is 36.5 Å². The van der Waals surface area contributed by atoms with E-state index >= 15 is 0 Å². The monoisotopic (exact) mass is 546 g/mol. The number of carbonyl (C=O) groups is 1. The van der Waals surface area contributed by atoms with Crippen LogP contribution in [0.15, 0.2) is 11.6 Å². The average Bonchev–Trinajstić information content (AvgIpc) is 3.83. The molecule has 0 amide bonds. The van der Waals surface area contributed by atoms with Crippen LogP contribution in [0.2, 0.25) is 0 Å². The molecule has 3 heterocycles. The summed E-state index contributed by atoms with van der Waals surface area (Å²) in [6, 6.07) is 0. The van der Waals surface area contributed by atoms with Crippen molar-refractivity contribution in [3.05, 3.63) is 11.6 Å². The van der Waals surface area contributed by atoms with Gasteiger partial charge in [0.25, 0.3) is 0 Å². The summed E-state index contributed by atoms with van der Waals surface area (Å²) >= 11 is 0. The van der Waals surface area contributed by atoms with Gasteiger partial charge in [-0.1, -0.05) is 129 Å². The third-order valence-corrected chi connectivity index (χ3v) is 9.13. The maximum atomic E-state index is 11.6. The van der Waals surface area contributed by atoms with Gasteiger partial charge in [-0.25, -0.2) is 4.79 Å². The van der Waals surface area contributed by atoms with Crippen LogP contribution in [-0.2, 0) is 19.0 Å².